The van der Waals surface area contributed by atoms with E-state index in [1.54, 1.807) is 12.1 Å². The zero-order valence-corrected chi connectivity index (χ0v) is 15.1. The normalized spacial score (nSPS) is 29.4. The van der Waals surface area contributed by atoms with Crippen LogP contribution in [0.2, 0.25) is 0 Å². The number of hydrogen-bond acceptors (Lipinski definition) is 5. The van der Waals surface area contributed by atoms with E-state index >= 15 is 0 Å². The number of ether oxygens (including phenoxy) is 2. The van der Waals surface area contributed by atoms with Crippen LogP contribution in [0.15, 0.2) is 41.0 Å². The number of carbonyl (C=O) groups is 1. The average molecular weight is 369 g/mol. The molecule has 3 aliphatic rings. The van der Waals surface area contributed by atoms with Crippen molar-refractivity contribution in [3.8, 4) is 11.5 Å². The summed E-state index contributed by atoms with van der Waals surface area (Å²) in [5, 5.41) is 11.3. The van der Waals surface area contributed by atoms with Crippen molar-refractivity contribution in [2.45, 2.75) is 43.7 Å². The molecular weight excluding hydrogens is 346 g/mol. The van der Waals surface area contributed by atoms with Gasteiger partial charge in [0.25, 0.3) is 5.91 Å². The van der Waals surface area contributed by atoms with E-state index in [9.17, 15) is 9.90 Å². The molecule has 0 radical (unpaired) electrons. The molecule has 1 amide bonds. The molecule has 1 saturated carbocycles. The van der Waals surface area contributed by atoms with Gasteiger partial charge in [0.2, 0.25) is 6.79 Å². The Morgan fingerprint density at radius 2 is 2.04 bits per heavy atom. The van der Waals surface area contributed by atoms with Crippen molar-refractivity contribution >= 4 is 5.91 Å². The maximum Gasteiger partial charge on any atom is 0.290 e. The molecule has 0 spiro atoms. The molecular formula is C21H23NO5. The molecule has 0 bridgehead atoms. The summed E-state index contributed by atoms with van der Waals surface area (Å²) in [6.07, 6.45) is 5.91. The molecule has 2 aliphatic heterocycles. The van der Waals surface area contributed by atoms with Crippen LogP contribution >= 0.6 is 0 Å². The number of carbonyl (C=O) groups excluding carboxylic acids is 1. The number of hydrogen-bond donors (Lipinski definition) is 1. The second kappa shape index (κ2) is 6.30. The van der Waals surface area contributed by atoms with E-state index in [1.807, 2.05) is 23.1 Å². The predicted molar refractivity (Wildman–Crippen MR) is 96.6 cm³/mol. The van der Waals surface area contributed by atoms with Gasteiger partial charge in [0.15, 0.2) is 17.3 Å². The topological polar surface area (TPSA) is 72.1 Å². The maximum absolute atomic E-state index is 13.2. The fraction of sp³-hybridized carbons (Fsp3) is 0.476. The van der Waals surface area contributed by atoms with Gasteiger partial charge in [0.1, 0.15) is 0 Å². The van der Waals surface area contributed by atoms with Gasteiger partial charge in [-0.05, 0) is 49.1 Å². The van der Waals surface area contributed by atoms with Crippen molar-refractivity contribution in [2.75, 3.05) is 13.3 Å². The van der Waals surface area contributed by atoms with E-state index in [-0.39, 0.29) is 24.7 Å². The van der Waals surface area contributed by atoms with Crippen molar-refractivity contribution in [1.29, 1.82) is 0 Å². The van der Waals surface area contributed by atoms with Gasteiger partial charge in [0, 0.05) is 12.5 Å². The van der Waals surface area contributed by atoms with Crippen LogP contribution in [0.1, 0.15) is 54.3 Å². The van der Waals surface area contributed by atoms with E-state index in [1.165, 1.54) is 6.26 Å². The molecule has 1 aliphatic carbocycles. The number of rotatable bonds is 2. The smallest absolute Gasteiger partial charge is 0.290 e. The monoisotopic (exact) mass is 369 g/mol. The standard InChI is InChI=1S/C21H23NO5/c23-20(17-5-3-11-25-17)22-10-9-21(24)8-2-1-4-15(21)19(22)14-6-7-16-18(12-14)27-13-26-16/h3,5-7,11-12,15,19,24H,1-2,4,8-10,13H2/t15-,19-,21-/m1/s1. The highest BCUT2D eigenvalue weighted by molar-refractivity contribution is 5.92. The molecule has 3 atom stereocenters. The molecule has 1 N–H and O–H groups in total. The fourth-order valence-corrected chi connectivity index (χ4v) is 4.96. The van der Waals surface area contributed by atoms with Gasteiger partial charge in [-0.25, -0.2) is 0 Å². The van der Waals surface area contributed by atoms with Gasteiger partial charge in [0.05, 0.1) is 17.9 Å². The Hall–Kier alpha value is -2.47. The number of furan rings is 1. The lowest BCUT2D eigenvalue weighted by molar-refractivity contribution is -0.115. The molecule has 2 aromatic rings. The van der Waals surface area contributed by atoms with Gasteiger partial charge in [-0.1, -0.05) is 18.9 Å². The summed E-state index contributed by atoms with van der Waals surface area (Å²) in [6, 6.07) is 9.04. The largest absolute Gasteiger partial charge is 0.459 e. The van der Waals surface area contributed by atoms with Crippen molar-refractivity contribution in [2.24, 2.45) is 5.92 Å². The summed E-state index contributed by atoms with van der Waals surface area (Å²) < 4.78 is 16.4. The minimum Gasteiger partial charge on any atom is -0.459 e. The van der Waals surface area contributed by atoms with Gasteiger partial charge in [-0.3, -0.25) is 4.79 Å². The molecule has 1 aromatic carbocycles. The summed E-state index contributed by atoms with van der Waals surface area (Å²) in [4.78, 5) is 15.0. The molecule has 5 rings (SSSR count). The first-order chi connectivity index (χ1) is 13.2. The SMILES string of the molecule is O=C(c1ccco1)N1CC[C@]2(O)CCCC[C@@H]2[C@H]1c1ccc2c(c1)OCO2. The van der Waals surface area contributed by atoms with E-state index < -0.39 is 5.60 Å². The van der Waals surface area contributed by atoms with Crippen LogP contribution in [0.5, 0.6) is 11.5 Å². The van der Waals surface area contributed by atoms with Gasteiger partial charge in [-0.15, -0.1) is 0 Å². The lowest BCUT2D eigenvalue weighted by Crippen LogP contribution is -2.56. The van der Waals surface area contributed by atoms with Crippen LogP contribution in [0.4, 0.5) is 0 Å². The molecule has 27 heavy (non-hydrogen) atoms. The van der Waals surface area contributed by atoms with Crippen LogP contribution in [0.3, 0.4) is 0 Å². The van der Waals surface area contributed by atoms with Crippen LogP contribution in [0, 0.1) is 5.92 Å². The summed E-state index contributed by atoms with van der Waals surface area (Å²) >= 11 is 0. The molecule has 3 heterocycles. The Bertz CT molecular complexity index is 848. The number of likely N-dealkylation sites (tertiary alicyclic amines) is 1. The lowest BCUT2D eigenvalue weighted by atomic mass is 9.66. The second-order valence-electron chi connectivity index (χ2n) is 7.74. The van der Waals surface area contributed by atoms with Crippen molar-refractivity contribution in [3.05, 3.63) is 47.9 Å². The number of nitrogens with zero attached hydrogens (tertiary/aromatic N) is 1. The van der Waals surface area contributed by atoms with E-state index in [2.05, 4.69) is 0 Å². The molecule has 1 aromatic heterocycles. The number of piperidine rings is 1. The van der Waals surface area contributed by atoms with E-state index in [0.717, 1.165) is 37.0 Å². The summed E-state index contributed by atoms with van der Waals surface area (Å²) in [6.45, 7) is 0.720. The third kappa shape index (κ3) is 2.70. The number of aliphatic hydroxyl groups is 1. The number of amides is 1. The first-order valence-corrected chi connectivity index (χ1v) is 9.62. The molecule has 2 fully saturated rings. The highest BCUT2D eigenvalue weighted by Gasteiger charge is 2.50. The van der Waals surface area contributed by atoms with Crippen LogP contribution in [0.25, 0.3) is 0 Å². The predicted octanol–water partition coefficient (Wildman–Crippen LogP) is 3.52. The Balaban J connectivity index is 1.57. The highest BCUT2D eigenvalue weighted by atomic mass is 16.7. The molecule has 1 saturated heterocycles. The Kier molecular flexibility index (Phi) is 3.90. The van der Waals surface area contributed by atoms with Crippen molar-refractivity contribution < 1.29 is 23.8 Å². The maximum atomic E-state index is 13.2. The van der Waals surface area contributed by atoms with Gasteiger partial charge in [-0.2, -0.15) is 0 Å². The number of benzene rings is 1. The third-order valence-corrected chi connectivity index (χ3v) is 6.30. The Labute approximate surface area is 157 Å². The molecule has 142 valence electrons. The molecule has 6 nitrogen and oxygen atoms in total. The third-order valence-electron chi connectivity index (χ3n) is 6.30. The van der Waals surface area contributed by atoms with Gasteiger partial charge < -0.3 is 23.9 Å². The van der Waals surface area contributed by atoms with E-state index in [0.29, 0.717) is 24.5 Å². The van der Waals surface area contributed by atoms with Crippen LogP contribution < -0.4 is 9.47 Å². The summed E-state index contributed by atoms with van der Waals surface area (Å²) in [5.41, 5.74) is 0.253. The summed E-state index contributed by atoms with van der Waals surface area (Å²) in [5.74, 6) is 1.62. The van der Waals surface area contributed by atoms with Gasteiger partial charge >= 0.3 is 0 Å². The van der Waals surface area contributed by atoms with Crippen LogP contribution in [-0.4, -0.2) is 34.9 Å². The van der Waals surface area contributed by atoms with Crippen molar-refractivity contribution in [3.63, 3.8) is 0 Å². The summed E-state index contributed by atoms with van der Waals surface area (Å²) in [7, 11) is 0. The average Bonchev–Trinajstić information content (AvgIpc) is 3.37. The minimum atomic E-state index is -0.723. The fourth-order valence-electron chi connectivity index (χ4n) is 4.96. The molecule has 0 unspecified atom stereocenters. The first kappa shape index (κ1) is 16.7. The minimum absolute atomic E-state index is 0.000663. The quantitative estimate of drug-likeness (QED) is 0.877. The zero-order valence-electron chi connectivity index (χ0n) is 15.1. The second-order valence-corrected chi connectivity index (χ2v) is 7.74. The number of fused-ring (bicyclic) bond motifs is 2. The Morgan fingerprint density at radius 3 is 2.89 bits per heavy atom. The van der Waals surface area contributed by atoms with Crippen molar-refractivity contribution in [1.82, 2.24) is 4.90 Å². The first-order valence-electron chi connectivity index (χ1n) is 9.62. The molecule has 6 heteroatoms. The Morgan fingerprint density at radius 1 is 1.15 bits per heavy atom. The lowest BCUT2D eigenvalue weighted by Gasteiger charge is -2.52. The van der Waals surface area contributed by atoms with E-state index in [4.69, 9.17) is 13.9 Å². The zero-order chi connectivity index (χ0) is 18.4. The van der Waals surface area contributed by atoms with Crippen LogP contribution in [-0.2, 0) is 0 Å². The highest BCUT2D eigenvalue weighted by Crippen LogP contribution is 2.50.